The molecule has 0 aliphatic carbocycles. The van der Waals surface area contributed by atoms with Crippen LogP contribution < -0.4 is 5.32 Å². The van der Waals surface area contributed by atoms with Crippen molar-refractivity contribution < 1.29 is 22.0 Å². The predicted octanol–water partition coefficient (Wildman–Crippen LogP) is 2.99. The SMILES string of the molecule is CN1C(C(=O)Nc2ccc(F)c(Cl)c2)=CC(c2ccc(C#N)c(F)c2)=NS1(=O)=O. The summed E-state index contributed by atoms with van der Waals surface area (Å²) < 4.78 is 56.1. The van der Waals surface area contributed by atoms with Gasteiger partial charge in [0.2, 0.25) is 0 Å². The Morgan fingerprint density at radius 2 is 1.93 bits per heavy atom. The highest BCUT2D eigenvalue weighted by Crippen LogP contribution is 2.24. The molecule has 0 fully saturated rings. The number of allylic oxidation sites excluding steroid dienone is 1. The van der Waals surface area contributed by atoms with E-state index < -0.39 is 27.8 Å². The lowest BCUT2D eigenvalue weighted by Gasteiger charge is -2.23. The maximum Gasteiger partial charge on any atom is 0.345 e. The fourth-order valence-corrected chi connectivity index (χ4v) is 3.53. The fraction of sp³-hybridized carbons (Fsp3) is 0.0556. The standard InChI is InChI=1S/C18H11ClF2N4O3S/c1-25-17(18(26)23-12-4-5-14(20)13(19)7-12)8-16(24-29(25,27)28)10-2-3-11(9-22)15(21)6-10/h2-8H,1H3,(H,23,26). The van der Waals surface area contributed by atoms with Gasteiger partial charge in [0, 0.05) is 18.3 Å². The Bertz CT molecular complexity index is 1240. The Morgan fingerprint density at radius 1 is 1.21 bits per heavy atom. The molecule has 1 aliphatic rings. The first-order valence-corrected chi connectivity index (χ1v) is 9.67. The number of likely N-dealkylation sites (N-methyl/N-ethyl adjacent to an activating group) is 1. The molecule has 0 aromatic heterocycles. The number of amides is 1. The Morgan fingerprint density at radius 3 is 2.55 bits per heavy atom. The van der Waals surface area contributed by atoms with Crippen molar-refractivity contribution in [2.45, 2.75) is 0 Å². The largest absolute Gasteiger partial charge is 0.345 e. The van der Waals surface area contributed by atoms with Crippen molar-refractivity contribution in [3.8, 4) is 6.07 Å². The van der Waals surface area contributed by atoms with Gasteiger partial charge in [-0.1, -0.05) is 17.7 Å². The van der Waals surface area contributed by atoms with Crippen molar-refractivity contribution >= 4 is 39.1 Å². The highest BCUT2D eigenvalue weighted by atomic mass is 35.5. The average Bonchev–Trinajstić information content (AvgIpc) is 2.66. The first-order valence-electron chi connectivity index (χ1n) is 7.89. The normalized spacial score (nSPS) is 15.2. The van der Waals surface area contributed by atoms with Gasteiger partial charge in [-0.15, -0.1) is 4.40 Å². The molecule has 2 aromatic carbocycles. The molecule has 11 heteroatoms. The van der Waals surface area contributed by atoms with E-state index in [1.165, 1.54) is 18.2 Å². The van der Waals surface area contributed by atoms with Gasteiger partial charge in [0.05, 0.1) is 16.3 Å². The number of nitrogens with one attached hydrogen (secondary N) is 1. The summed E-state index contributed by atoms with van der Waals surface area (Å²) in [5, 5.41) is 11.0. The number of nitriles is 1. The van der Waals surface area contributed by atoms with Crippen LogP contribution in [0.1, 0.15) is 11.1 Å². The van der Waals surface area contributed by atoms with Crippen molar-refractivity contribution in [2.75, 3.05) is 12.4 Å². The Hall–Kier alpha value is -3.29. The minimum absolute atomic E-state index is 0.0632. The number of carbonyl (C=O) groups is 1. The van der Waals surface area contributed by atoms with Gasteiger partial charge in [-0.05, 0) is 36.4 Å². The zero-order chi connectivity index (χ0) is 21.3. The van der Waals surface area contributed by atoms with Crippen molar-refractivity contribution in [1.29, 1.82) is 5.26 Å². The topological polar surface area (TPSA) is 103 Å². The molecule has 2 aromatic rings. The van der Waals surface area contributed by atoms with Crippen LogP contribution in [-0.2, 0) is 15.0 Å². The lowest BCUT2D eigenvalue weighted by molar-refractivity contribution is -0.113. The summed E-state index contributed by atoms with van der Waals surface area (Å²) in [6.07, 6.45) is 1.16. The summed E-state index contributed by atoms with van der Waals surface area (Å²) in [6.45, 7) is 0. The van der Waals surface area contributed by atoms with Crippen LogP contribution in [0.15, 0.2) is 52.6 Å². The van der Waals surface area contributed by atoms with E-state index in [1.54, 1.807) is 6.07 Å². The van der Waals surface area contributed by atoms with Gasteiger partial charge in [-0.2, -0.15) is 13.7 Å². The molecule has 0 saturated heterocycles. The molecule has 1 amide bonds. The van der Waals surface area contributed by atoms with Crippen LogP contribution in [0.5, 0.6) is 0 Å². The lowest BCUT2D eigenvalue weighted by atomic mass is 10.1. The molecule has 0 unspecified atom stereocenters. The quantitative estimate of drug-likeness (QED) is 0.798. The zero-order valence-electron chi connectivity index (χ0n) is 14.6. The van der Waals surface area contributed by atoms with Crippen molar-refractivity contribution in [3.63, 3.8) is 0 Å². The number of carbonyl (C=O) groups excluding carboxylic acids is 1. The van der Waals surface area contributed by atoms with Gasteiger partial charge in [0.1, 0.15) is 23.4 Å². The third-order valence-electron chi connectivity index (χ3n) is 3.97. The number of rotatable bonds is 3. The Balaban J connectivity index is 1.99. The molecular weight excluding hydrogens is 426 g/mol. The molecule has 1 heterocycles. The van der Waals surface area contributed by atoms with Crippen LogP contribution in [-0.4, -0.2) is 31.4 Å². The van der Waals surface area contributed by atoms with Gasteiger partial charge in [-0.3, -0.25) is 4.79 Å². The van der Waals surface area contributed by atoms with Crippen LogP contribution in [0.2, 0.25) is 5.02 Å². The zero-order valence-corrected chi connectivity index (χ0v) is 16.2. The summed E-state index contributed by atoms with van der Waals surface area (Å²) in [6, 6.07) is 8.55. The number of anilines is 1. The molecule has 1 aliphatic heterocycles. The van der Waals surface area contributed by atoms with Gasteiger partial charge < -0.3 is 5.32 Å². The summed E-state index contributed by atoms with van der Waals surface area (Å²) in [7, 11) is -3.15. The van der Waals surface area contributed by atoms with Gasteiger partial charge >= 0.3 is 10.2 Å². The molecule has 29 heavy (non-hydrogen) atoms. The molecule has 148 valence electrons. The van der Waals surface area contributed by atoms with E-state index in [-0.39, 0.29) is 33.2 Å². The molecule has 3 rings (SSSR count). The molecule has 1 N–H and O–H groups in total. The van der Waals surface area contributed by atoms with Crippen LogP contribution in [0, 0.1) is 23.0 Å². The van der Waals surface area contributed by atoms with Crippen molar-refractivity contribution in [3.05, 3.63) is 76.0 Å². The summed E-state index contributed by atoms with van der Waals surface area (Å²) in [4.78, 5) is 12.6. The van der Waals surface area contributed by atoms with Crippen LogP contribution in [0.3, 0.4) is 0 Å². The van der Waals surface area contributed by atoms with Gasteiger partial charge in [0.25, 0.3) is 5.91 Å². The third kappa shape index (κ3) is 4.11. The maximum atomic E-state index is 13.9. The minimum Gasteiger partial charge on any atom is -0.321 e. The number of hydrogen-bond donors (Lipinski definition) is 1. The van der Waals surface area contributed by atoms with E-state index in [9.17, 15) is 22.0 Å². The highest BCUT2D eigenvalue weighted by Gasteiger charge is 2.30. The van der Waals surface area contributed by atoms with E-state index in [2.05, 4.69) is 9.71 Å². The van der Waals surface area contributed by atoms with E-state index in [0.717, 1.165) is 31.3 Å². The van der Waals surface area contributed by atoms with Crippen molar-refractivity contribution in [2.24, 2.45) is 4.40 Å². The molecule has 7 nitrogen and oxygen atoms in total. The van der Waals surface area contributed by atoms with Crippen LogP contribution >= 0.6 is 11.6 Å². The maximum absolute atomic E-state index is 13.9. The van der Waals surface area contributed by atoms with Gasteiger partial charge in [-0.25, -0.2) is 13.1 Å². The van der Waals surface area contributed by atoms with Gasteiger partial charge in [0.15, 0.2) is 0 Å². The fourth-order valence-electron chi connectivity index (χ4n) is 2.44. The van der Waals surface area contributed by atoms with E-state index in [0.29, 0.717) is 4.31 Å². The Labute approximate surface area is 169 Å². The number of nitrogens with zero attached hydrogens (tertiary/aromatic N) is 3. The molecule has 0 saturated carbocycles. The monoisotopic (exact) mass is 436 g/mol. The van der Waals surface area contributed by atoms with Crippen LogP contribution in [0.4, 0.5) is 14.5 Å². The summed E-state index contributed by atoms with van der Waals surface area (Å²) in [5.74, 6) is -2.37. The molecule has 0 atom stereocenters. The molecule has 0 spiro atoms. The number of hydrogen-bond acceptors (Lipinski definition) is 4. The number of benzene rings is 2. The first-order chi connectivity index (χ1) is 13.6. The second-order valence-electron chi connectivity index (χ2n) is 5.84. The first kappa shape index (κ1) is 20.4. The minimum atomic E-state index is -4.27. The Kier molecular flexibility index (Phi) is 5.37. The third-order valence-corrected chi connectivity index (χ3v) is 5.57. The van der Waals surface area contributed by atoms with Crippen molar-refractivity contribution in [1.82, 2.24) is 4.31 Å². The average molecular weight is 437 g/mol. The van der Waals surface area contributed by atoms with E-state index >= 15 is 0 Å². The molecular formula is C18H11ClF2N4O3S. The van der Waals surface area contributed by atoms with E-state index in [4.69, 9.17) is 16.9 Å². The molecule has 0 bridgehead atoms. The number of halogens is 3. The molecule has 0 radical (unpaired) electrons. The summed E-state index contributed by atoms with van der Waals surface area (Å²) in [5.41, 5.74) is -0.510. The predicted molar refractivity (Wildman–Crippen MR) is 102 cm³/mol. The summed E-state index contributed by atoms with van der Waals surface area (Å²) >= 11 is 5.68. The second kappa shape index (κ2) is 7.62. The smallest absolute Gasteiger partial charge is 0.321 e. The highest BCUT2D eigenvalue weighted by molar-refractivity contribution is 7.88. The van der Waals surface area contributed by atoms with E-state index in [1.807, 2.05) is 0 Å². The lowest BCUT2D eigenvalue weighted by Crippen LogP contribution is -2.35. The second-order valence-corrected chi connectivity index (χ2v) is 7.87. The van der Waals surface area contributed by atoms with Crippen LogP contribution in [0.25, 0.3) is 0 Å².